The van der Waals surface area contributed by atoms with E-state index in [9.17, 15) is 4.79 Å². The van der Waals surface area contributed by atoms with Crippen molar-refractivity contribution in [2.45, 2.75) is 45.2 Å². The van der Waals surface area contributed by atoms with Crippen LogP contribution in [0.2, 0.25) is 0 Å². The molecule has 1 aliphatic rings. The molecule has 3 N–H and O–H groups in total. The van der Waals surface area contributed by atoms with Gasteiger partial charge in [0, 0.05) is 24.2 Å². The summed E-state index contributed by atoms with van der Waals surface area (Å²) in [6.45, 7) is 4.55. The van der Waals surface area contributed by atoms with Gasteiger partial charge in [-0.1, -0.05) is 0 Å². The van der Waals surface area contributed by atoms with Gasteiger partial charge < -0.3 is 11.1 Å². The Morgan fingerprint density at radius 3 is 2.94 bits per heavy atom. The Balaban J connectivity index is 2.13. The third kappa shape index (κ3) is 2.24. The molecule has 0 unspecified atom stereocenters. The van der Waals surface area contributed by atoms with Crippen LogP contribution in [0.4, 0.5) is 5.82 Å². The highest BCUT2D eigenvalue weighted by Crippen LogP contribution is 2.40. The fourth-order valence-electron chi connectivity index (χ4n) is 1.69. The van der Waals surface area contributed by atoms with Crippen molar-refractivity contribution in [2.75, 3.05) is 5.32 Å². The van der Waals surface area contributed by atoms with Crippen LogP contribution in [-0.2, 0) is 11.3 Å². The van der Waals surface area contributed by atoms with Crippen LogP contribution in [0.25, 0.3) is 0 Å². The maximum Gasteiger partial charge on any atom is 0.242 e. The second-order valence-corrected chi connectivity index (χ2v) is 4.32. The first-order valence-electron chi connectivity index (χ1n) is 5.76. The smallest absolute Gasteiger partial charge is 0.242 e. The van der Waals surface area contributed by atoms with Gasteiger partial charge in [-0.3, -0.25) is 9.48 Å². The van der Waals surface area contributed by atoms with Gasteiger partial charge in [0.15, 0.2) is 5.82 Å². The molecule has 5 heteroatoms. The van der Waals surface area contributed by atoms with E-state index >= 15 is 0 Å². The summed E-state index contributed by atoms with van der Waals surface area (Å²) < 4.78 is 1.95. The number of nitrogens with two attached hydrogens (primary N) is 1. The molecule has 0 aliphatic heterocycles. The zero-order valence-corrected chi connectivity index (χ0v) is 9.73. The van der Waals surface area contributed by atoms with Crippen molar-refractivity contribution in [3.63, 3.8) is 0 Å². The molecule has 5 nitrogen and oxygen atoms in total. The van der Waals surface area contributed by atoms with Crippen LogP contribution in [0.5, 0.6) is 0 Å². The number of amides is 1. The summed E-state index contributed by atoms with van der Waals surface area (Å²) in [5.74, 6) is 1.06. The number of rotatable bonds is 4. The first-order valence-corrected chi connectivity index (χ1v) is 5.76. The van der Waals surface area contributed by atoms with Crippen molar-refractivity contribution >= 4 is 11.7 Å². The summed E-state index contributed by atoms with van der Waals surface area (Å²) in [5.41, 5.74) is 6.71. The Bertz CT molecular complexity index is 393. The molecule has 1 amide bonds. The lowest BCUT2D eigenvalue weighted by Gasteiger charge is -2.03. The van der Waals surface area contributed by atoms with E-state index in [0.717, 1.165) is 6.54 Å². The van der Waals surface area contributed by atoms with Crippen molar-refractivity contribution in [3.05, 3.63) is 11.8 Å². The van der Waals surface area contributed by atoms with Gasteiger partial charge in [-0.25, -0.2) is 0 Å². The van der Waals surface area contributed by atoms with Gasteiger partial charge in [-0.15, -0.1) is 0 Å². The molecule has 1 aromatic rings. The molecule has 2 rings (SSSR count). The third-order valence-electron chi connectivity index (χ3n) is 2.77. The van der Waals surface area contributed by atoms with Crippen LogP contribution in [0.1, 0.15) is 38.3 Å². The molecule has 0 bridgehead atoms. The highest BCUT2D eigenvalue weighted by atomic mass is 16.2. The molecule has 0 spiro atoms. The minimum Gasteiger partial charge on any atom is -0.320 e. The minimum atomic E-state index is -0.504. The van der Waals surface area contributed by atoms with Crippen LogP contribution in [0.15, 0.2) is 6.07 Å². The maximum absolute atomic E-state index is 11.4. The zero-order chi connectivity index (χ0) is 11.7. The Hall–Kier alpha value is -1.36. The first kappa shape index (κ1) is 11.1. The van der Waals surface area contributed by atoms with Crippen LogP contribution in [0.3, 0.4) is 0 Å². The summed E-state index contributed by atoms with van der Waals surface area (Å²) in [5, 5.41) is 7.06. The number of anilines is 1. The number of nitrogens with one attached hydrogen (secondary N) is 1. The average Bonchev–Trinajstić information content (AvgIpc) is 3.00. The topological polar surface area (TPSA) is 72.9 Å². The summed E-state index contributed by atoms with van der Waals surface area (Å²) >= 11 is 0. The second-order valence-electron chi connectivity index (χ2n) is 4.32. The summed E-state index contributed by atoms with van der Waals surface area (Å²) in [7, 11) is 0. The lowest BCUT2D eigenvalue weighted by molar-refractivity contribution is -0.117. The summed E-state index contributed by atoms with van der Waals surface area (Å²) in [6.07, 6.45) is 2.46. The van der Waals surface area contributed by atoms with Gasteiger partial charge >= 0.3 is 0 Å². The average molecular weight is 222 g/mol. The lowest BCUT2D eigenvalue weighted by Crippen LogP contribution is -2.32. The van der Waals surface area contributed by atoms with E-state index in [2.05, 4.69) is 17.3 Å². The summed E-state index contributed by atoms with van der Waals surface area (Å²) in [6, 6.07) is 1.46. The van der Waals surface area contributed by atoms with E-state index < -0.39 is 6.04 Å². The SMILES string of the molecule is CCn1nc(NC(=O)[C@@H](C)N)cc1C1CC1. The Morgan fingerprint density at radius 2 is 2.44 bits per heavy atom. The van der Waals surface area contributed by atoms with Gasteiger partial charge in [0.1, 0.15) is 0 Å². The molecule has 1 aliphatic carbocycles. The molecule has 0 aromatic carbocycles. The number of carbonyl (C=O) groups is 1. The predicted molar refractivity (Wildman–Crippen MR) is 62.2 cm³/mol. The van der Waals surface area contributed by atoms with E-state index in [1.54, 1.807) is 6.92 Å². The molecular weight excluding hydrogens is 204 g/mol. The van der Waals surface area contributed by atoms with Crippen molar-refractivity contribution in [1.29, 1.82) is 0 Å². The van der Waals surface area contributed by atoms with Crippen LogP contribution in [-0.4, -0.2) is 21.7 Å². The molecule has 0 radical (unpaired) electrons. The van der Waals surface area contributed by atoms with Gasteiger partial charge in [0.2, 0.25) is 5.91 Å². The fraction of sp³-hybridized carbons (Fsp3) is 0.636. The Labute approximate surface area is 95.0 Å². The molecule has 1 atom stereocenters. The maximum atomic E-state index is 11.4. The van der Waals surface area contributed by atoms with Gasteiger partial charge in [0.05, 0.1) is 6.04 Å². The third-order valence-corrected chi connectivity index (χ3v) is 2.77. The number of aromatic nitrogens is 2. The highest BCUT2D eigenvalue weighted by molar-refractivity contribution is 5.93. The molecule has 1 heterocycles. The molecule has 88 valence electrons. The standard InChI is InChI=1S/C11H18N4O/c1-3-15-9(8-4-5-8)6-10(14-15)13-11(16)7(2)12/h6-8H,3-5,12H2,1-2H3,(H,13,14,16)/t7-/m1/s1. The van der Waals surface area contributed by atoms with Crippen LogP contribution in [0, 0.1) is 0 Å². The number of nitrogens with zero attached hydrogens (tertiary/aromatic N) is 2. The van der Waals surface area contributed by atoms with E-state index in [0.29, 0.717) is 11.7 Å². The van der Waals surface area contributed by atoms with Crippen LogP contribution < -0.4 is 11.1 Å². The van der Waals surface area contributed by atoms with Crippen molar-refractivity contribution in [3.8, 4) is 0 Å². The minimum absolute atomic E-state index is 0.192. The number of hydrogen-bond acceptors (Lipinski definition) is 3. The van der Waals surface area contributed by atoms with E-state index in [-0.39, 0.29) is 5.91 Å². The first-order chi connectivity index (χ1) is 7.61. The van der Waals surface area contributed by atoms with Gasteiger partial charge in [-0.2, -0.15) is 5.10 Å². The Morgan fingerprint density at radius 1 is 1.75 bits per heavy atom. The summed E-state index contributed by atoms with van der Waals surface area (Å²) in [4.78, 5) is 11.4. The monoisotopic (exact) mass is 222 g/mol. The van der Waals surface area contributed by atoms with Crippen molar-refractivity contribution < 1.29 is 4.79 Å². The van der Waals surface area contributed by atoms with Crippen molar-refractivity contribution in [1.82, 2.24) is 9.78 Å². The van der Waals surface area contributed by atoms with Gasteiger partial charge in [-0.05, 0) is 26.7 Å². The molecule has 0 saturated heterocycles. The lowest BCUT2D eigenvalue weighted by atomic mass is 10.3. The Kier molecular flexibility index (Phi) is 2.96. The van der Waals surface area contributed by atoms with E-state index in [1.807, 2.05) is 10.7 Å². The van der Waals surface area contributed by atoms with Gasteiger partial charge in [0.25, 0.3) is 0 Å². The number of carbonyl (C=O) groups excluding carboxylic acids is 1. The van der Waals surface area contributed by atoms with E-state index in [4.69, 9.17) is 5.73 Å². The second kappa shape index (κ2) is 4.25. The normalized spacial score (nSPS) is 17.2. The highest BCUT2D eigenvalue weighted by Gasteiger charge is 2.28. The fourth-order valence-corrected chi connectivity index (χ4v) is 1.69. The molecule has 16 heavy (non-hydrogen) atoms. The largest absolute Gasteiger partial charge is 0.320 e. The van der Waals surface area contributed by atoms with Crippen molar-refractivity contribution in [2.24, 2.45) is 5.73 Å². The van der Waals surface area contributed by atoms with E-state index in [1.165, 1.54) is 18.5 Å². The molecule has 1 saturated carbocycles. The van der Waals surface area contributed by atoms with Crippen LogP contribution >= 0.6 is 0 Å². The predicted octanol–water partition coefficient (Wildman–Crippen LogP) is 1.07. The number of hydrogen-bond donors (Lipinski definition) is 2. The molecular formula is C11H18N4O. The molecule has 1 aromatic heterocycles. The number of aryl methyl sites for hydroxylation is 1. The quantitative estimate of drug-likeness (QED) is 0.800. The zero-order valence-electron chi connectivity index (χ0n) is 9.73. The molecule has 1 fully saturated rings.